The van der Waals surface area contributed by atoms with E-state index >= 15 is 0 Å². The fourth-order valence-corrected chi connectivity index (χ4v) is 5.29. The number of hydrogen-bond donors (Lipinski definition) is 1. The molecule has 3 aromatic carbocycles. The second-order valence-corrected chi connectivity index (χ2v) is 11.2. The van der Waals surface area contributed by atoms with Gasteiger partial charge < -0.3 is 5.32 Å². The van der Waals surface area contributed by atoms with E-state index < -0.39 is 38.3 Å². The average molecular weight is 492 g/mol. The number of anilines is 2. The van der Waals surface area contributed by atoms with Gasteiger partial charge in [-0.05, 0) is 54.6 Å². The summed E-state index contributed by atoms with van der Waals surface area (Å²) in [5, 5.41) is 2.54. The van der Waals surface area contributed by atoms with Crippen LogP contribution in [0.25, 0.3) is 0 Å². The highest BCUT2D eigenvalue weighted by Gasteiger charge is 2.27. The van der Waals surface area contributed by atoms with Crippen LogP contribution in [0.2, 0.25) is 0 Å². The fourth-order valence-electron chi connectivity index (χ4n) is 2.92. The number of halogens is 1. The maximum absolute atomic E-state index is 13.3. The third-order valence-corrected chi connectivity index (χ3v) is 8.23. The van der Waals surface area contributed by atoms with Crippen LogP contribution in [0, 0.1) is 5.82 Å². The fraction of sp³-hybridized carbons (Fsp3) is 0.136. The molecule has 8 nitrogen and oxygen atoms in total. The van der Waals surface area contributed by atoms with Crippen LogP contribution in [0.4, 0.5) is 15.8 Å². The highest BCUT2D eigenvalue weighted by molar-refractivity contribution is 7.92. The molecule has 3 rings (SSSR count). The van der Waals surface area contributed by atoms with Crippen molar-refractivity contribution in [3.05, 3.63) is 84.7 Å². The minimum absolute atomic E-state index is 0.0239. The molecule has 0 heterocycles. The minimum Gasteiger partial charge on any atom is -0.324 e. The average Bonchev–Trinajstić information content (AvgIpc) is 2.78. The summed E-state index contributed by atoms with van der Waals surface area (Å²) in [7, 11) is -5.14. The predicted molar refractivity (Wildman–Crippen MR) is 123 cm³/mol. The number of rotatable bonds is 8. The van der Waals surface area contributed by atoms with E-state index in [1.165, 1.54) is 50.5 Å². The number of hydrogen-bond acceptors (Lipinski definition) is 5. The van der Waals surface area contributed by atoms with Crippen molar-refractivity contribution in [2.45, 2.75) is 9.79 Å². The molecule has 174 valence electrons. The summed E-state index contributed by atoms with van der Waals surface area (Å²) >= 11 is 0. The highest BCUT2D eigenvalue weighted by atomic mass is 32.2. The number of nitrogens with one attached hydrogen (secondary N) is 1. The van der Waals surface area contributed by atoms with Gasteiger partial charge in [-0.25, -0.2) is 25.5 Å². The molecule has 11 heteroatoms. The molecular formula is C22H22FN3O5S2. The Labute approximate surface area is 192 Å². The number of carbonyl (C=O) groups excluding carboxylic acids is 1. The molecule has 0 aliphatic heterocycles. The Balaban J connectivity index is 1.90. The van der Waals surface area contributed by atoms with Gasteiger partial charge in [-0.2, -0.15) is 0 Å². The van der Waals surface area contributed by atoms with Gasteiger partial charge in [0.15, 0.2) is 0 Å². The monoisotopic (exact) mass is 491 g/mol. The summed E-state index contributed by atoms with van der Waals surface area (Å²) in [4.78, 5) is 12.6. The molecule has 0 saturated carbocycles. The second kappa shape index (κ2) is 9.69. The quantitative estimate of drug-likeness (QED) is 0.522. The Morgan fingerprint density at radius 3 is 2.06 bits per heavy atom. The molecule has 0 radical (unpaired) electrons. The summed E-state index contributed by atoms with van der Waals surface area (Å²) in [5.41, 5.74) is 0.427. The van der Waals surface area contributed by atoms with Crippen molar-refractivity contribution in [3.8, 4) is 0 Å². The number of carbonyl (C=O) groups is 1. The largest absolute Gasteiger partial charge is 0.324 e. The first-order chi connectivity index (χ1) is 15.5. The number of sulfonamides is 2. The molecule has 1 amide bonds. The third-order valence-electron chi connectivity index (χ3n) is 4.63. The summed E-state index contributed by atoms with van der Waals surface area (Å²) in [6.45, 7) is -0.589. The van der Waals surface area contributed by atoms with Crippen molar-refractivity contribution in [1.82, 2.24) is 4.31 Å². The van der Waals surface area contributed by atoms with E-state index in [-0.39, 0.29) is 21.2 Å². The third kappa shape index (κ3) is 5.56. The van der Waals surface area contributed by atoms with Gasteiger partial charge in [-0.15, -0.1) is 0 Å². The predicted octanol–water partition coefficient (Wildman–Crippen LogP) is 2.91. The van der Waals surface area contributed by atoms with Gasteiger partial charge in [0.1, 0.15) is 12.4 Å². The van der Waals surface area contributed by atoms with E-state index in [0.29, 0.717) is 0 Å². The topological polar surface area (TPSA) is 104 Å². The van der Waals surface area contributed by atoms with Crippen molar-refractivity contribution in [2.75, 3.05) is 30.3 Å². The smallest absolute Gasteiger partial charge is 0.264 e. The lowest BCUT2D eigenvalue weighted by molar-refractivity contribution is -0.114. The Bertz CT molecular complexity index is 1340. The van der Waals surface area contributed by atoms with E-state index in [0.717, 1.165) is 32.9 Å². The highest BCUT2D eigenvalue weighted by Crippen LogP contribution is 2.24. The van der Waals surface area contributed by atoms with Crippen LogP contribution >= 0.6 is 0 Å². The van der Waals surface area contributed by atoms with Crippen molar-refractivity contribution in [1.29, 1.82) is 0 Å². The first kappa shape index (κ1) is 24.4. The zero-order valence-electron chi connectivity index (χ0n) is 17.8. The minimum atomic E-state index is -4.20. The number of benzene rings is 3. The van der Waals surface area contributed by atoms with Crippen LogP contribution in [-0.4, -0.2) is 47.7 Å². The van der Waals surface area contributed by atoms with Crippen LogP contribution < -0.4 is 9.62 Å². The van der Waals surface area contributed by atoms with Gasteiger partial charge in [0.25, 0.3) is 10.0 Å². The molecule has 0 saturated heterocycles. The van der Waals surface area contributed by atoms with Crippen LogP contribution in [0.5, 0.6) is 0 Å². The summed E-state index contributed by atoms with van der Waals surface area (Å²) in [6, 6.07) is 17.9. The van der Waals surface area contributed by atoms with Crippen LogP contribution in [0.1, 0.15) is 0 Å². The number of nitrogens with zero attached hydrogens (tertiary/aromatic N) is 2. The first-order valence-electron chi connectivity index (χ1n) is 9.67. The molecule has 0 fully saturated rings. The maximum Gasteiger partial charge on any atom is 0.264 e. The van der Waals surface area contributed by atoms with E-state index in [9.17, 15) is 26.0 Å². The molecule has 0 aromatic heterocycles. The molecule has 33 heavy (non-hydrogen) atoms. The number of amides is 1. The van der Waals surface area contributed by atoms with Gasteiger partial charge in [-0.3, -0.25) is 9.10 Å². The summed E-state index contributed by atoms with van der Waals surface area (Å²) < 4.78 is 66.4. The zero-order valence-corrected chi connectivity index (χ0v) is 19.5. The molecule has 0 spiro atoms. The Morgan fingerprint density at radius 1 is 0.818 bits per heavy atom. The van der Waals surface area contributed by atoms with E-state index in [1.54, 1.807) is 18.2 Å². The van der Waals surface area contributed by atoms with Gasteiger partial charge in [0, 0.05) is 19.8 Å². The molecule has 0 atom stereocenters. The van der Waals surface area contributed by atoms with E-state index in [4.69, 9.17) is 0 Å². The van der Waals surface area contributed by atoms with Crippen molar-refractivity contribution < 1.29 is 26.0 Å². The molecular weight excluding hydrogens is 469 g/mol. The van der Waals surface area contributed by atoms with Gasteiger partial charge in [-0.1, -0.05) is 24.3 Å². The SMILES string of the molecule is CN(C)S(=O)(=O)c1cccc(NC(=O)CN(c2ccccc2)S(=O)(=O)c2ccc(F)cc2)c1. The zero-order chi connectivity index (χ0) is 24.2. The van der Waals surface area contributed by atoms with Crippen molar-refractivity contribution in [3.63, 3.8) is 0 Å². The van der Waals surface area contributed by atoms with Gasteiger partial charge in [0.05, 0.1) is 15.5 Å². The molecule has 0 unspecified atom stereocenters. The Morgan fingerprint density at radius 2 is 1.45 bits per heavy atom. The maximum atomic E-state index is 13.3. The van der Waals surface area contributed by atoms with Gasteiger partial charge in [0.2, 0.25) is 15.9 Å². The standard InChI is InChI=1S/C22H22FN3O5S2/c1-25(2)32(28,29)21-10-6-7-18(15-21)24-22(27)16-26(19-8-4-3-5-9-19)33(30,31)20-13-11-17(23)12-14-20/h3-15H,16H2,1-2H3,(H,24,27). The van der Waals surface area contributed by atoms with Crippen LogP contribution in [0.3, 0.4) is 0 Å². The molecule has 0 aliphatic carbocycles. The summed E-state index contributed by atoms with van der Waals surface area (Å²) in [5.74, 6) is -1.28. The number of para-hydroxylation sites is 1. The van der Waals surface area contributed by atoms with Crippen molar-refractivity contribution in [2.24, 2.45) is 0 Å². The summed E-state index contributed by atoms with van der Waals surface area (Å²) in [6.07, 6.45) is 0. The van der Waals surface area contributed by atoms with E-state index in [1.807, 2.05) is 0 Å². The lowest BCUT2D eigenvalue weighted by Gasteiger charge is -2.24. The first-order valence-corrected chi connectivity index (χ1v) is 12.6. The molecule has 1 N–H and O–H groups in total. The molecule has 3 aromatic rings. The van der Waals surface area contributed by atoms with Crippen LogP contribution in [0.15, 0.2) is 88.7 Å². The lowest BCUT2D eigenvalue weighted by Crippen LogP contribution is -2.38. The normalized spacial score (nSPS) is 11.9. The Kier molecular flexibility index (Phi) is 7.15. The second-order valence-electron chi connectivity index (χ2n) is 7.16. The van der Waals surface area contributed by atoms with Crippen LogP contribution in [-0.2, 0) is 24.8 Å². The van der Waals surface area contributed by atoms with E-state index in [2.05, 4.69) is 5.32 Å². The van der Waals surface area contributed by atoms with Gasteiger partial charge >= 0.3 is 0 Å². The van der Waals surface area contributed by atoms with Crippen molar-refractivity contribution >= 4 is 37.3 Å². The Hall–Kier alpha value is -3.28. The molecule has 0 aliphatic rings. The molecule has 0 bridgehead atoms. The lowest BCUT2D eigenvalue weighted by atomic mass is 10.3.